The Kier molecular flexibility index (Phi) is 4.22. The Labute approximate surface area is 141 Å². The van der Waals surface area contributed by atoms with E-state index in [-0.39, 0.29) is 17.6 Å². The van der Waals surface area contributed by atoms with Crippen molar-refractivity contribution in [1.29, 1.82) is 0 Å². The van der Waals surface area contributed by atoms with E-state index in [2.05, 4.69) is 15.6 Å². The minimum atomic E-state index is -0.380. The van der Waals surface area contributed by atoms with Gasteiger partial charge in [-0.3, -0.25) is 9.59 Å². The number of aromatic nitrogens is 1. The molecule has 0 saturated heterocycles. The molecule has 3 N–H and O–H groups in total. The summed E-state index contributed by atoms with van der Waals surface area (Å²) >= 11 is 6.07. The number of rotatable bonds is 3. The number of carbonyl (C=O) groups excluding carboxylic acids is 2. The van der Waals surface area contributed by atoms with Gasteiger partial charge in [0.2, 0.25) is 5.91 Å². The van der Waals surface area contributed by atoms with E-state index in [0.717, 1.165) is 0 Å². The molecule has 1 aromatic heterocycles. The van der Waals surface area contributed by atoms with Gasteiger partial charge in [0.05, 0.1) is 10.7 Å². The molecule has 0 aliphatic carbocycles. The molecule has 0 atom stereocenters. The Bertz CT molecular complexity index is 952. The van der Waals surface area contributed by atoms with Crippen LogP contribution in [-0.2, 0) is 4.79 Å². The van der Waals surface area contributed by atoms with Gasteiger partial charge in [-0.1, -0.05) is 11.6 Å². The van der Waals surface area contributed by atoms with E-state index in [0.29, 0.717) is 33.0 Å². The zero-order valence-corrected chi connectivity index (χ0v) is 13.4. The van der Waals surface area contributed by atoms with Gasteiger partial charge in [0.1, 0.15) is 11.5 Å². The molecule has 122 valence electrons. The summed E-state index contributed by atoms with van der Waals surface area (Å²) in [4.78, 5) is 26.3. The number of nitrogens with one attached hydrogen (secondary N) is 3. The van der Waals surface area contributed by atoms with Gasteiger partial charge in [-0.15, -0.1) is 0 Å². The van der Waals surface area contributed by atoms with Crippen LogP contribution < -0.4 is 10.6 Å². The predicted molar refractivity (Wildman–Crippen MR) is 92.0 cm³/mol. The number of fused-ring (bicyclic) bond motifs is 1. The SMILES string of the molecule is CC(=O)Nc1ccc(NC(=O)c2cc3cc(F)ccc3[nH]2)cc1Cl. The summed E-state index contributed by atoms with van der Waals surface area (Å²) in [6.07, 6.45) is 0. The fraction of sp³-hybridized carbons (Fsp3) is 0.0588. The molecule has 1 heterocycles. The zero-order valence-electron chi connectivity index (χ0n) is 12.6. The molecule has 24 heavy (non-hydrogen) atoms. The Morgan fingerprint density at radius 2 is 1.88 bits per heavy atom. The first-order valence-corrected chi connectivity index (χ1v) is 7.47. The van der Waals surface area contributed by atoms with Crippen molar-refractivity contribution in [3.05, 3.63) is 59.0 Å². The van der Waals surface area contributed by atoms with E-state index >= 15 is 0 Å². The van der Waals surface area contributed by atoms with Gasteiger partial charge in [0, 0.05) is 23.5 Å². The first-order valence-electron chi connectivity index (χ1n) is 7.09. The van der Waals surface area contributed by atoms with Crippen LogP contribution in [0.4, 0.5) is 15.8 Å². The third-order valence-corrected chi connectivity index (χ3v) is 3.68. The third-order valence-electron chi connectivity index (χ3n) is 3.37. The molecule has 0 fully saturated rings. The summed E-state index contributed by atoms with van der Waals surface area (Å²) in [5.41, 5.74) is 1.91. The second-order valence-electron chi connectivity index (χ2n) is 5.24. The van der Waals surface area contributed by atoms with Crippen LogP contribution in [0, 0.1) is 5.82 Å². The van der Waals surface area contributed by atoms with Crippen LogP contribution in [0.1, 0.15) is 17.4 Å². The van der Waals surface area contributed by atoms with Gasteiger partial charge in [0.15, 0.2) is 0 Å². The standard InChI is InChI=1S/C17H13ClFN3O2/c1-9(23)20-15-5-3-12(8-13(15)18)21-17(24)16-7-10-6-11(19)2-4-14(10)22-16/h2-8,22H,1H3,(H,20,23)(H,21,24). The number of H-pyrrole nitrogens is 1. The highest BCUT2D eigenvalue weighted by atomic mass is 35.5. The monoisotopic (exact) mass is 345 g/mol. The van der Waals surface area contributed by atoms with Crippen LogP contribution >= 0.6 is 11.6 Å². The van der Waals surface area contributed by atoms with Crippen LogP contribution in [0.15, 0.2) is 42.5 Å². The van der Waals surface area contributed by atoms with E-state index in [4.69, 9.17) is 11.6 Å². The Morgan fingerprint density at radius 3 is 2.58 bits per heavy atom. The molecule has 3 aromatic rings. The van der Waals surface area contributed by atoms with E-state index in [1.807, 2.05) is 0 Å². The second kappa shape index (κ2) is 6.33. The van der Waals surface area contributed by atoms with E-state index in [9.17, 15) is 14.0 Å². The summed E-state index contributed by atoms with van der Waals surface area (Å²) in [6, 6.07) is 10.6. The Hall–Kier alpha value is -2.86. The van der Waals surface area contributed by atoms with E-state index in [1.165, 1.54) is 25.1 Å². The van der Waals surface area contributed by atoms with Crippen molar-refractivity contribution in [2.75, 3.05) is 10.6 Å². The lowest BCUT2D eigenvalue weighted by molar-refractivity contribution is -0.114. The molecule has 0 unspecified atom stereocenters. The molecule has 0 aliphatic heterocycles. The lowest BCUT2D eigenvalue weighted by Crippen LogP contribution is -2.12. The number of halogens is 2. The molecule has 7 heteroatoms. The van der Waals surface area contributed by atoms with Gasteiger partial charge in [0.25, 0.3) is 5.91 Å². The van der Waals surface area contributed by atoms with Crippen molar-refractivity contribution in [2.45, 2.75) is 6.92 Å². The molecule has 3 rings (SSSR count). The second-order valence-corrected chi connectivity index (χ2v) is 5.65. The van der Waals surface area contributed by atoms with Gasteiger partial charge >= 0.3 is 0 Å². The minimum absolute atomic E-state index is 0.237. The summed E-state index contributed by atoms with van der Waals surface area (Å²) in [5.74, 6) is -0.984. The molecular formula is C17H13ClFN3O2. The molecule has 5 nitrogen and oxygen atoms in total. The van der Waals surface area contributed by atoms with Crippen LogP contribution in [0.25, 0.3) is 10.9 Å². The molecule has 0 aliphatic rings. The lowest BCUT2D eigenvalue weighted by atomic mass is 10.2. The van der Waals surface area contributed by atoms with Crippen LogP contribution in [0.5, 0.6) is 0 Å². The van der Waals surface area contributed by atoms with Crippen molar-refractivity contribution in [1.82, 2.24) is 4.98 Å². The normalized spacial score (nSPS) is 10.6. The van der Waals surface area contributed by atoms with Gasteiger partial charge in [-0.2, -0.15) is 0 Å². The highest BCUT2D eigenvalue weighted by Gasteiger charge is 2.11. The molecule has 2 aromatic carbocycles. The molecule has 2 amide bonds. The number of amides is 2. The summed E-state index contributed by atoms with van der Waals surface area (Å²) < 4.78 is 13.2. The fourth-order valence-electron chi connectivity index (χ4n) is 2.31. The van der Waals surface area contributed by atoms with Crippen molar-refractivity contribution >= 4 is 45.7 Å². The average molecular weight is 346 g/mol. The van der Waals surface area contributed by atoms with Crippen molar-refractivity contribution in [2.24, 2.45) is 0 Å². The van der Waals surface area contributed by atoms with Crippen LogP contribution in [0.2, 0.25) is 5.02 Å². The maximum Gasteiger partial charge on any atom is 0.272 e. The Morgan fingerprint density at radius 1 is 1.08 bits per heavy atom. The first-order chi connectivity index (χ1) is 11.4. The first kappa shape index (κ1) is 16.0. The largest absolute Gasteiger partial charge is 0.351 e. The predicted octanol–water partition coefficient (Wildman–Crippen LogP) is 4.17. The smallest absolute Gasteiger partial charge is 0.272 e. The van der Waals surface area contributed by atoms with Crippen molar-refractivity contribution in [3.63, 3.8) is 0 Å². The number of anilines is 2. The van der Waals surface area contributed by atoms with Gasteiger partial charge in [-0.05, 0) is 42.5 Å². The summed E-state index contributed by atoms with van der Waals surface area (Å²) in [5, 5.41) is 6.19. The highest BCUT2D eigenvalue weighted by molar-refractivity contribution is 6.34. The van der Waals surface area contributed by atoms with E-state index < -0.39 is 0 Å². The summed E-state index contributed by atoms with van der Waals surface area (Å²) in [7, 11) is 0. The Balaban J connectivity index is 1.80. The number of hydrogen-bond acceptors (Lipinski definition) is 2. The minimum Gasteiger partial charge on any atom is -0.351 e. The maximum absolute atomic E-state index is 13.2. The fourth-order valence-corrected chi connectivity index (χ4v) is 2.54. The number of aromatic amines is 1. The van der Waals surface area contributed by atoms with Crippen molar-refractivity contribution < 1.29 is 14.0 Å². The van der Waals surface area contributed by atoms with Crippen molar-refractivity contribution in [3.8, 4) is 0 Å². The summed E-state index contributed by atoms with van der Waals surface area (Å²) in [6.45, 7) is 1.38. The quantitative estimate of drug-likeness (QED) is 0.666. The van der Waals surface area contributed by atoms with Crippen LogP contribution in [0.3, 0.4) is 0 Å². The number of carbonyl (C=O) groups is 2. The van der Waals surface area contributed by atoms with Gasteiger partial charge in [-0.25, -0.2) is 4.39 Å². The molecule has 0 saturated carbocycles. The molecule has 0 bridgehead atoms. The lowest BCUT2D eigenvalue weighted by Gasteiger charge is -2.08. The topological polar surface area (TPSA) is 74.0 Å². The molecule has 0 radical (unpaired) electrons. The third kappa shape index (κ3) is 3.38. The van der Waals surface area contributed by atoms with Gasteiger partial charge < -0.3 is 15.6 Å². The zero-order chi connectivity index (χ0) is 17.3. The van der Waals surface area contributed by atoms with Crippen LogP contribution in [-0.4, -0.2) is 16.8 Å². The molecular weight excluding hydrogens is 333 g/mol. The maximum atomic E-state index is 13.2. The van der Waals surface area contributed by atoms with E-state index in [1.54, 1.807) is 24.3 Å². The number of hydrogen-bond donors (Lipinski definition) is 3. The molecule has 0 spiro atoms. The number of benzene rings is 2. The highest BCUT2D eigenvalue weighted by Crippen LogP contribution is 2.26. The average Bonchev–Trinajstić information content (AvgIpc) is 2.93.